The second kappa shape index (κ2) is 9.52. The number of amides is 1. The Morgan fingerprint density at radius 2 is 2.06 bits per heavy atom. The van der Waals surface area contributed by atoms with Crippen molar-refractivity contribution in [3.8, 4) is 10.6 Å². The molecule has 2 aromatic heterocycles. The number of nitrogens with one attached hydrogen (secondary N) is 2. The molecule has 0 spiro atoms. The van der Waals surface area contributed by atoms with Crippen LogP contribution in [0, 0.1) is 5.92 Å². The topological polar surface area (TPSA) is 129 Å². The van der Waals surface area contributed by atoms with Crippen LogP contribution in [0.1, 0.15) is 36.4 Å². The first kappa shape index (κ1) is 22.0. The van der Waals surface area contributed by atoms with E-state index in [1.165, 1.54) is 0 Å². The highest BCUT2D eigenvalue weighted by molar-refractivity contribution is 7.15. The van der Waals surface area contributed by atoms with E-state index in [0.29, 0.717) is 23.2 Å². The summed E-state index contributed by atoms with van der Waals surface area (Å²) in [5.74, 6) is -0.356. The van der Waals surface area contributed by atoms with Gasteiger partial charge in [-0.15, -0.1) is 11.3 Å². The summed E-state index contributed by atoms with van der Waals surface area (Å²) in [6.45, 7) is 4.26. The molecular weight excluding hydrogens is 448 g/mol. The van der Waals surface area contributed by atoms with Gasteiger partial charge in [-0.3, -0.25) is 4.79 Å². The lowest BCUT2D eigenvalue weighted by molar-refractivity contribution is -0.120. The highest BCUT2D eigenvalue weighted by Gasteiger charge is 2.39. The van der Waals surface area contributed by atoms with Gasteiger partial charge in [0, 0.05) is 51.3 Å². The van der Waals surface area contributed by atoms with E-state index in [-0.39, 0.29) is 23.9 Å². The lowest BCUT2D eigenvalue weighted by Gasteiger charge is -2.20. The Morgan fingerprint density at radius 3 is 2.81 bits per heavy atom. The van der Waals surface area contributed by atoms with Crippen LogP contribution in [0.3, 0.4) is 0 Å². The first-order chi connectivity index (χ1) is 15.5. The van der Waals surface area contributed by atoms with E-state index in [1.807, 2.05) is 44.3 Å². The maximum Gasteiger partial charge on any atom is 0.229 e. The Hall–Kier alpha value is -3.20. The van der Waals surface area contributed by atoms with Gasteiger partial charge in [-0.05, 0) is 30.7 Å². The minimum atomic E-state index is -0.491. The molecule has 1 saturated heterocycles. The third-order valence-electron chi connectivity index (χ3n) is 5.46. The predicted molar refractivity (Wildman–Crippen MR) is 124 cm³/mol. The van der Waals surface area contributed by atoms with Crippen LogP contribution in [0.4, 0.5) is 5.95 Å². The second-order valence-electron chi connectivity index (χ2n) is 7.58. The minimum absolute atomic E-state index is 0.0842. The molecule has 9 nitrogen and oxygen atoms in total. The molecule has 3 heterocycles. The third kappa shape index (κ3) is 4.67. The summed E-state index contributed by atoms with van der Waals surface area (Å²) in [4.78, 5) is 29.8. The fraction of sp³-hybridized carbons (Fsp3) is 0.333. The minimum Gasteiger partial charge on any atom is -0.355 e. The summed E-state index contributed by atoms with van der Waals surface area (Å²) in [5.41, 5.74) is 10.4. The predicted octanol–water partition coefficient (Wildman–Crippen LogP) is 4.96. The Labute approximate surface area is 193 Å². The van der Waals surface area contributed by atoms with E-state index in [0.717, 1.165) is 15.4 Å². The van der Waals surface area contributed by atoms with Crippen molar-refractivity contribution in [3.63, 3.8) is 0 Å². The molecule has 4 atom stereocenters. The van der Waals surface area contributed by atoms with Gasteiger partial charge in [0.15, 0.2) is 0 Å². The summed E-state index contributed by atoms with van der Waals surface area (Å²) < 4.78 is 0. The monoisotopic (exact) mass is 468 g/mol. The normalized spacial score (nSPS) is 19.7. The zero-order valence-corrected chi connectivity index (χ0v) is 19.0. The van der Waals surface area contributed by atoms with Gasteiger partial charge in [0.25, 0.3) is 0 Å². The number of anilines is 1. The van der Waals surface area contributed by atoms with E-state index >= 15 is 0 Å². The van der Waals surface area contributed by atoms with Gasteiger partial charge in [-0.25, -0.2) is 15.0 Å². The summed E-state index contributed by atoms with van der Waals surface area (Å²) in [7, 11) is 0. The quantitative estimate of drug-likeness (QED) is 0.288. The SMILES string of the molecule is C[C@H](Nc1nccc([C@H]2C(=O)NCC2[C@@H](C)N=[N+]=[N-])n1)c1cnc(-c2ccc(Cl)cc2)s1. The average Bonchev–Trinajstić information content (AvgIpc) is 3.42. The van der Waals surface area contributed by atoms with Crippen molar-refractivity contribution >= 4 is 34.8 Å². The van der Waals surface area contributed by atoms with Crippen molar-refractivity contribution < 1.29 is 4.79 Å². The number of azide groups is 1. The van der Waals surface area contributed by atoms with Gasteiger partial charge in [0.05, 0.1) is 17.7 Å². The second-order valence-corrected chi connectivity index (χ2v) is 9.08. The average molecular weight is 469 g/mol. The van der Waals surface area contributed by atoms with Crippen LogP contribution >= 0.6 is 22.9 Å². The number of carbonyl (C=O) groups is 1. The number of carbonyl (C=O) groups excluding carboxylic acids is 1. The van der Waals surface area contributed by atoms with Gasteiger partial charge in [0.2, 0.25) is 11.9 Å². The smallest absolute Gasteiger partial charge is 0.229 e. The maximum atomic E-state index is 12.5. The van der Waals surface area contributed by atoms with Crippen LogP contribution in [0.2, 0.25) is 5.02 Å². The molecule has 2 N–H and O–H groups in total. The number of nitrogens with zero attached hydrogens (tertiary/aromatic N) is 6. The Morgan fingerprint density at radius 1 is 1.28 bits per heavy atom. The first-order valence-corrected chi connectivity index (χ1v) is 11.3. The van der Waals surface area contributed by atoms with E-state index in [4.69, 9.17) is 17.1 Å². The van der Waals surface area contributed by atoms with Crippen molar-refractivity contribution in [1.82, 2.24) is 20.3 Å². The molecule has 1 aliphatic rings. The Kier molecular flexibility index (Phi) is 6.55. The molecule has 1 amide bonds. The van der Waals surface area contributed by atoms with Gasteiger partial charge in [0.1, 0.15) is 5.01 Å². The Bertz CT molecular complexity index is 1160. The van der Waals surface area contributed by atoms with Gasteiger partial charge in [-0.1, -0.05) is 35.8 Å². The number of halogens is 1. The molecular formula is C21H21ClN8OS. The molecule has 164 valence electrons. The van der Waals surface area contributed by atoms with Crippen LogP contribution < -0.4 is 10.6 Å². The largest absolute Gasteiger partial charge is 0.355 e. The number of thiazole rings is 1. The standard InChI is InChI=1S/C21H21ClN8OS/c1-11(29-30-23)15-9-25-19(31)18(15)16-7-8-24-21(28-16)27-12(2)17-10-26-20(32-17)13-3-5-14(22)6-4-13/h3-8,10-12,15,18H,9H2,1-2H3,(H,25,31)(H,24,27,28)/t11-,12+,15?,18+/m1/s1. The fourth-order valence-electron chi connectivity index (χ4n) is 3.70. The molecule has 1 aliphatic heterocycles. The number of benzene rings is 1. The van der Waals surface area contributed by atoms with E-state index in [9.17, 15) is 4.79 Å². The summed E-state index contributed by atoms with van der Waals surface area (Å²) >= 11 is 7.54. The van der Waals surface area contributed by atoms with Crippen molar-refractivity contribution in [2.24, 2.45) is 11.0 Å². The molecule has 4 rings (SSSR count). The number of rotatable bonds is 7. The molecule has 1 aromatic carbocycles. The summed E-state index contributed by atoms with van der Waals surface area (Å²) in [6.07, 6.45) is 3.46. The summed E-state index contributed by atoms with van der Waals surface area (Å²) in [5, 5.41) is 11.5. The lowest BCUT2D eigenvalue weighted by atomic mass is 9.87. The van der Waals surface area contributed by atoms with E-state index in [1.54, 1.807) is 23.6 Å². The fourth-order valence-corrected chi connectivity index (χ4v) is 4.75. The molecule has 32 heavy (non-hydrogen) atoms. The highest BCUT2D eigenvalue weighted by atomic mass is 35.5. The molecule has 3 aromatic rings. The molecule has 1 fully saturated rings. The van der Waals surface area contributed by atoms with E-state index < -0.39 is 5.92 Å². The third-order valence-corrected chi connectivity index (χ3v) is 6.94. The van der Waals surface area contributed by atoms with Crippen LogP contribution in [0.5, 0.6) is 0 Å². The van der Waals surface area contributed by atoms with Crippen molar-refractivity contribution in [2.75, 3.05) is 11.9 Å². The van der Waals surface area contributed by atoms with E-state index in [2.05, 4.69) is 35.6 Å². The number of aromatic nitrogens is 3. The number of hydrogen-bond donors (Lipinski definition) is 2. The van der Waals surface area contributed by atoms with Crippen LogP contribution in [-0.2, 0) is 4.79 Å². The molecule has 0 radical (unpaired) electrons. The highest BCUT2D eigenvalue weighted by Crippen LogP contribution is 2.33. The summed E-state index contributed by atoms with van der Waals surface area (Å²) in [6, 6.07) is 8.87. The molecule has 0 aliphatic carbocycles. The molecule has 1 unspecified atom stereocenters. The van der Waals surface area contributed by atoms with Crippen molar-refractivity contribution in [3.05, 3.63) is 68.8 Å². The zero-order chi connectivity index (χ0) is 22.7. The van der Waals surface area contributed by atoms with Gasteiger partial charge >= 0.3 is 0 Å². The first-order valence-electron chi connectivity index (χ1n) is 10.1. The molecule has 11 heteroatoms. The van der Waals surface area contributed by atoms with Crippen LogP contribution in [0.25, 0.3) is 21.0 Å². The molecule has 0 bridgehead atoms. The van der Waals surface area contributed by atoms with Crippen LogP contribution in [-0.4, -0.2) is 33.4 Å². The van der Waals surface area contributed by atoms with Gasteiger partial charge in [-0.2, -0.15) is 0 Å². The van der Waals surface area contributed by atoms with Crippen LogP contribution in [0.15, 0.2) is 47.8 Å². The number of hydrogen-bond acceptors (Lipinski definition) is 7. The molecule has 0 saturated carbocycles. The maximum absolute atomic E-state index is 12.5. The lowest BCUT2D eigenvalue weighted by Crippen LogP contribution is -2.24. The van der Waals surface area contributed by atoms with Gasteiger partial charge < -0.3 is 10.6 Å². The van der Waals surface area contributed by atoms with Crippen molar-refractivity contribution in [2.45, 2.75) is 31.8 Å². The van der Waals surface area contributed by atoms with Crippen molar-refractivity contribution in [1.29, 1.82) is 0 Å². The zero-order valence-electron chi connectivity index (χ0n) is 17.4. The Balaban J connectivity index is 1.51.